The second-order valence-corrected chi connectivity index (χ2v) is 7.92. The smallest absolute Gasteiger partial charge is 0.163 e. The second-order valence-electron chi connectivity index (χ2n) is 7.49. The fourth-order valence-electron chi connectivity index (χ4n) is 4.35. The molecule has 0 radical (unpaired) electrons. The molecule has 0 spiro atoms. The maximum absolute atomic E-state index is 6.11. The number of rotatable bonds is 4. The first-order valence-electron chi connectivity index (χ1n) is 9.51. The molecular formula is C20H22ClN5O. The first-order valence-corrected chi connectivity index (χ1v) is 9.89. The summed E-state index contributed by atoms with van der Waals surface area (Å²) >= 11 is 6.11. The van der Waals surface area contributed by atoms with Crippen molar-refractivity contribution in [3.63, 3.8) is 0 Å². The van der Waals surface area contributed by atoms with Crippen molar-refractivity contribution in [2.45, 2.75) is 19.4 Å². The molecule has 2 unspecified atom stereocenters. The van der Waals surface area contributed by atoms with E-state index in [1.165, 1.54) is 12.8 Å². The molecule has 2 saturated heterocycles. The Morgan fingerprint density at radius 1 is 1.19 bits per heavy atom. The predicted molar refractivity (Wildman–Crippen MR) is 105 cm³/mol. The minimum atomic E-state index is 0.641. The first kappa shape index (κ1) is 17.0. The number of hydrogen-bond acceptors (Lipinski definition) is 5. The van der Waals surface area contributed by atoms with Crippen LogP contribution in [0.5, 0.6) is 0 Å². The molecule has 140 valence electrons. The van der Waals surface area contributed by atoms with Gasteiger partial charge in [-0.25, -0.2) is 14.6 Å². The van der Waals surface area contributed by atoms with E-state index in [4.69, 9.17) is 16.3 Å². The molecule has 2 fully saturated rings. The van der Waals surface area contributed by atoms with Crippen LogP contribution in [0, 0.1) is 11.8 Å². The molecule has 2 aromatic heterocycles. The van der Waals surface area contributed by atoms with Crippen molar-refractivity contribution >= 4 is 28.5 Å². The molecular weight excluding hydrogens is 362 g/mol. The molecule has 0 bridgehead atoms. The SMILES string of the molecule is Clc1cccc(Cn2ncc3c(N4CCC(C5CCOC5)C4)ncnc32)c1. The number of hydrogen-bond donors (Lipinski definition) is 0. The zero-order valence-corrected chi connectivity index (χ0v) is 15.8. The molecule has 0 amide bonds. The first-order chi connectivity index (χ1) is 13.3. The normalized spacial score (nSPS) is 22.8. The monoisotopic (exact) mass is 383 g/mol. The third-order valence-corrected chi connectivity index (χ3v) is 6.02. The van der Waals surface area contributed by atoms with Gasteiger partial charge in [0.15, 0.2) is 5.65 Å². The molecule has 0 aliphatic carbocycles. The number of benzene rings is 1. The summed E-state index contributed by atoms with van der Waals surface area (Å²) in [5.74, 6) is 2.38. The molecule has 2 aliphatic rings. The molecule has 5 rings (SSSR count). The number of nitrogens with zero attached hydrogens (tertiary/aromatic N) is 5. The zero-order valence-electron chi connectivity index (χ0n) is 15.1. The summed E-state index contributed by atoms with van der Waals surface area (Å²) in [4.78, 5) is 11.5. The largest absolute Gasteiger partial charge is 0.381 e. The van der Waals surface area contributed by atoms with Crippen LogP contribution >= 0.6 is 11.6 Å². The van der Waals surface area contributed by atoms with Crippen LogP contribution < -0.4 is 4.90 Å². The minimum Gasteiger partial charge on any atom is -0.381 e. The van der Waals surface area contributed by atoms with Gasteiger partial charge in [0.05, 0.1) is 18.1 Å². The van der Waals surface area contributed by atoms with Crippen molar-refractivity contribution in [2.75, 3.05) is 31.2 Å². The molecule has 7 heteroatoms. The lowest BCUT2D eigenvalue weighted by Crippen LogP contribution is -2.24. The Balaban J connectivity index is 1.40. The summed E-state index contributed by atoms with van der Waals surface area (Å²) in [6, 6.07) is 7.86. The maximum atomic E-state index is 6.11. The highest BCUT2D eigenvalue weighted by Gasteiger charge is 2.33. The quantitative estimate of drug-likeness (QED) is 0.691. The summed E-state index contributed by atoms with van der Waals surface area (Å²) < 4.78 is 7.50. The predicted octanol–water partition coefficient (Wildman–Crippen LogP) is 3.39. The average Bonchev–Trinajstić information content (AvgIpc) is 3.42. The number of ether oxygens (including phenoxy) is 1. The van der Waals surface area contributed by atoms with Crippen molar-refractivity contribution in [2.24, 2.45) is 11.8 Å². The lowest BCUT2D eigenvalue weighted by molar-refractivity contribution is 0.174. The van der Waals surface area contributed by atoms with E-state index >= 15 is 0 Å². The van der Waals surface area contributed by atoms with Crippen molar-refractivity contribution in [1.82, 2.24) is 19.7 Å². The van der Waals surface area contributed by atoms with Crippen LogP contribution in [0.2, 0.25) is 5.02 Å². The van der Waals surface area contributed by atoms with Crippen LogP contribution in [-0.4, -0.2) is 46.1 Å². The zero-order chi connectivity index (χ0) is 18.2. The summed E-state index contributed by atoms with van der Waals surface area (Å²) in [7, 11) is 0. The van der Waals surface area contributed by atoms with E-state index in [2.05, 4.69) is 26.0 Å². The van der Waals surface area contributed by atoms with E-state index in [1.807, 2.05) is 29.1 Å². The molecule has 2 aliphatic heterocycles. The Hall–Kier alpha value is -2.18. The van der Waals surface area contributed by atoms with E-state index < -0.39 is 0 Å². The van der Waals surface area contributed by atoms with Gasteiger partial charge in [-0.3, -0.25) is 0 Å². The average molecular weight is 384 g/mol. The third kappa shape index (κ3) is 3.28. The van der Waals surface area contributed by atoms with Gasteiger partial charge < -0.3 is 9.64 Å². The number of anilines is 1. The van der Waals surface area contributed by atoms with Crippen molar-refractivity contribution < 1.29 is 4.74 Å². The highest BCUT2D eigenvalue weighted by Crippen LogP contribution is 2.34. The lowest BCUT2D eigenvalue weighted by atomic mass is 9.91. The number of halogens is 1. The van der Waals surface area contributed by atoms with Crippen LogP contribution in [-0.2, 0) is 11.3 Å². The van der Waals surface area contributed by atoms with Crippen LogP contribution in [0.1, 0.15) is 18.4 Å². The van der Waals surface area contributed by atoms with Gasteiger partial charge in [-0.15, -0.1) is 0 Å². The standard InChI is InChI=1S/C20H22ClN5O/c21-17-3-1-2-14(8-17)10-26-20-18(9-24-26)19(22-13-23-20)25-6-4-15(11-25)16-5-7-27-12-16/h1-3,8-9,13,15-16H,4-7,10-12H2. The topological polar surface area (TPSA) is 56.1 Å². The lowest BCUT2D eigenvalue weighted by Gasteiger charge is -2.20. The van der Waals surface area contributed by atoms with E-state index in [1.54, 1.807) is 6.33 Å². The van der Waals surface area contributed by atoms with Crippen molar-refractivity contribution in [3.8, 4) is 0 Å². The van der Waals surface area contributed by atoms with E-state index in [0.717, 1.165) is 53.7 Å². The Labute approximate surface area is 163 Å². The summed E-state index contributed by atoms with van der Waals surface area (Å²) in [5.41, 5.74) is 1.97. The van der Waals surface area contributed by atoms with E-state index in [9.17, 15) is 0 Å². The van der Waals surface area contributed by atoms with Crippen molar-refractivity contribution in [3.05, 3.63) is 47.4 Å². The van der Waals surface area contributed by atoms with E-state index in [0.29, 0.717) is 18.4 Å². The summed E-state index contributed by atoms with van der Waals surface area (Å²) in [5, 5.41) is 6.32. The van der Waals surface area contributed by atoms with Gasteiger partial charge in [-0.05, 0) is 42.4 Å². The molecule has 27 heavy (non-hydrogen) atoms. The fourth-order valence-corrected chi connectivity index (χ4v) is 4.56. The van der Waals surface area contributed by atoms with Crippen LogP contribution in [0.15, 0.2) is 36.8 Å². The van der Waals surface area contributed by atoms with Crippen LogP contribution in [0.4, 0.5) is 5.82 Å². The molecule has 4 heterocycles. The van der Waals surface area contributed by atoms with Gasteiger partial charge in [-0.1, -0.05) is 23.7 Å². The Morgan fingerprint density at radius 2 is 2.15 bits per heavy atom. The molecule has 1 aromatic carbocycles. The van der Waals surface area contributed by atoms with Gasteiger partial charge in [0.25, 0.3) is 0 Å². The van der Waals surface area contributed by atoms with Gasteiger partial charge in [0.1, 0.15) is 12.1 Å². The van der Waals surface area contributed by atoms with E-state index in [-0.39, 0.29) is 0 Å². The van der Waals surface area contributed by atoms with Crippen molar-refractivity contribution in [1.29, 1.82) is 0 Å². The van der Waals surface area contributed by atoms with Gasteiger partial charge >= 0.3 is 0 Å². The van der Waals surface area contributed by atoms with Gasteiger partial charge in [0, 0.05) is 31.3 Å². The summed E-state index contributed by atoms with van der Waals surface area (Å²) in [6.07, 6.45) is 5.94. The molecule has 6 nitrogen and oxygen atoms in total. The third-order valence-electron chi connectivity index (χ3n) is 5.79. The minimum absolute atomic E-state index is 0.641. The number of aromatic nitrogens is 4. The van der Waals surface area contributed by atoms with Crippen LogP contribution in [0.3, 0.4) is 0 Å². The fraction of sp³-hybridized carbons (Fsp3) is 0.450. The number of fused-ring (bicyclic) bond motifs is 1. The molecule has 3 aromatic rings. The Morgan fingerprint density at radius 3 is 3.00 bits per heavy atom. The van der Waals surface area contributed by atoms with Crippen LogP contribution in [0.25, 0.3) is 11.0 Å². The molecule has 2 atom stereocenters. The molecule has 0 saturated carbocycles. The summed E-state index contributed by atoms with van der Waals surface area (Å²) in [6.45, 7) is 4.54. The van der Waals surface area contributed by atoms with Gasteiger partial charge in [-0.2, -0.15) is 5.10 Å². The highest BCUT2D eigenvalue weighted by molar-refractivity contribution is 6.30. The molecule has 0 N–H and O–H groups in total. The Kier molecular flexibility index (Phi) is 4.45. The second kappa shape index (κ2) is 7.09. The maximum Gasteiger partial charge on any atom is 0.163 e. The highest BCUT2D eigenvalue weighted by atomic mass is 35.5. The van der Waals surface area contributed by atoms with Gasteiger partial charge in [0.2, 0.25) is 0 Å². The Bertz CT molecular complexity index is 952.